The Hall–Kier alpha value is -0.730. The Morgan fingerprint density at radius 3 is 2.09 bits per heavy atom. The Morgan fingerprint density at radius 2 is 1.73 bits per heavy atom. The zero-order chi connectivity index (χ0) is 7.56. The number of benzene rings is 1. The van der Waals surface area contributed by atoms with Crippen molar-refractivity contribution in [1.82, 2.24) is 0 Å². The fourth-order valence-electron chi connectivity index (χ4n) is 0.592. The van der Waals surface area contributed by atoms with E-state index in [4.69, 9.17) is 16.7 Å². The van der Waals surface area contributed by atoms with Crippen molar-refractivity contribution in [3.63, 3.8) is 0 Å². The summed E-state index contributed by atoms with van der Waals surface area (Å²) in [5.74, 6) is -0.934. The van der Waals surface area contributed by atoms with Gasteiger partial charge < -0.3 is 5.11 Å². The van der Waals surface area contributed by atoms with Crippen LogP contribution in [0.1, 0.15) is 10.4 Å². The zero-order valence-corrected chi connectivity index (χ0v) is 7.02. The Kier molecular flexibility index (Phi) is 3.93. The standard InChI is InChI=1S/C7H5ClO2.ClH/c8-6-3-1-5(2-4-6)7(9)10;/h1-4H,(H,9,10);1H. The number of aromatic carboxylic acids is 1. The lowest BCUT2D eigenvalue weighted by Crippen LogP contribution is -1.94. The summed E-state index contributed by atoms with van der Waals surface area (Å²) < 4.78 is 0. The molecule has 0 aromatic heterocycles. The summed E-state index contributed by atoms with van der Waals surface area (Å²) in [6, 6.07) is 6.02. The summed E-state index contributed by atoms with van der Waals surface area (Å²) in [5, 5.41) is 8.98. The first-order valence-electron chi connectivity index (χ1n) is 2.69. The van der Waals surface area contributed by atoms with Crippen LogP contribution in [0.15, 0.2) is 24.3 Å². The highest BCUT2D eigenvalue weighted by Gasteiger charge is 1.99. The van der Waals surface area contributed by atoms with Crippen LogP contribution >= 0.6 is 24.0 Å². The van der Waals surface area contributed by atoms with Gasteiger partial charge in [-0.1, -0.05) is 11.6 Å². The van der Waals surface area contributed by atoms with Crippen molar-refractivity contribution in [1.29, 1.82) is 0 Å². The van der Waals surface area contributed by atoms with Gasteiger partial charge in [-0.05, 0) is 24.3 Å². The SMILES string of the molecule is Cl.O=C(O)c1ccc(Cl)cc1. The average molecular weight is 193 g/mol. The minimum absolute atomic E-state index is 0. The summed E-state index contributed by atoms with van der Waals surface area (Å²) in [4.78, 5) is 10.3. The van der Waals surface area contributed by atoms with Crippen molar-refractivity contribution in [2.45, 2.75) is 0 Å². The maximum atomic E-state index is 10.3. The number of carbonyl (C=O) groups is 1. The maximum absolute atomic E-state index is 10.3. The first-order valence-corrected chi connectivity index (χ1v) is 3.07. The number of carboxylic acid groups (broad SMARTS) is 1. The fraction of sp³-hybridized carbons (Fsp3) is 0. The predicted molar refractivity (Wildman–Crippen MR) is 45.7 cm³/mol. The summed E-state index contributed by atoms with van der Waals surface area (Å²) in [6.07, 6.45) is 0. The van der Waals surface area contributed by atoms with E-state index in [1.165, 1.54) is 12.1 Å². The smallest absolute Gasteiger partial charge is 0.335 e. The summed E-state index contributed by atoms with van der Waals surface area (Å²) in [7, 11) is 0. The molecule has 0 aliphatic heterocycles. The van der Waals surface area contributed by atoms with Crippen LogP contribution in [0.4, 0.5) is 0 Å². The fourth-order valence-corrected chi connectivity index (χ4v) is 0.718. The van der Waals surface area contributed by atoms with Gasteiger partial charge in [0, 0.05) is 5.02 Å². The highest BCUT2D eigenvalue weighted by Crippen LogP contribution is 2.08. The minimum atomic E-state index is -0.934. The lowest BCUT2D eigenvalue weighted by molar-refractivity contribution is 0.0697. The second-order valence-corrected chi connectivity index (χ2v) is 2.25. The van der Waals surface area contributed by atoms with Gasteiger partial charge in [-0.25, -0.2) is 4.79 Å². The molecule has 2 nitrogen and oxygen atoms in total. The van der Waals surface area contributed by atoms with Crippen molar-refractivity contribution in [3.8, 4) is 0 Å². The van der Waals surface area contributed by atoms with E-state index in [1.807, 2.05) is 0 Å². The van der Waals surface area contributed by atoms with Gasteiger partial charge >= 0.3 is 5.97 Å². The molecule has 1 aromatic carbocycles. The molecule has 60 valence electrons. The number of halogens is 2. The van der Waals surface area contributed by atoms with Crippen LogP contribution in [0.5, 0.6) is 0 Å². The minimum Gasteiger partial charge on any atom is -0.478 e. The van der Waals surface area contributed by atoms with E-state index in [0.29, 0.717) is 5.02 Å². The molecule has 0 spiro atoms. The van der Waals surface area contributed by atoms with Crippen LogP contribution in [0, 0.1) is 0 Å². The molecule has 0 radical (unpaired) electrons. The molecule has 1 N–H and O–H groups in total. The molecule has 0 saturated carbocycles. The van der Waals surface area contributed by atoms with Crippen LogP contribution in [-0.2, 0) is 0 Å². The lowest BCUT2D eigenvalue weighted by atomic mass is 10.2. The highest BCUT2D eigenvalue weighted by atomic mass is 35.5. The molecule has 0 aliphatic rings. The molecule has 0 saturated heterocycles. The molecule has 0 atom stereocenters. The molecule has 1 rings (SSSR count). The second kappa shape index (κ2) is 4.21. The monoisotopic (exact) mass is 192 g/mol. The Balaban J connectivity index is 0.000001000. The molecular weight excluding hydrogens is 187 g/mol. The molecule has 4 heteroatoms. The number of carboxylic acids is 1. The molecule has 0 aliphatic carbocycles. The van der Waals surface area contributed by atoms with E-state index >= 15 is 0 Å². The largest absolute Gasteiger partial charge is 0.478 e. The molecule has 0 fully saturated rings. The number of hydrogen-bond donors (Lipinski definition) is 1. The van der Waals surface area contributed by atoms with Gasteiger partial charge in [0.1, 0.15) is 0 Å². The quantitative estimate of drug-likeness (QED) is 0.743. The van der Waals surface area contributed by atoms with E-state index < -0.39 is 5.97 Å². The first-order chi connectivity index (χ1) is 4.70. The molecule has 1 aromatic rings. The first kappa shape index (κ1) is 10.3. The van der Waals surface area contributed by atoms with Crippen LogP contribution in [0.25, 0.3) is 0 Å². The van der Waals surface area contributed by atoms with Crippen molar-refractivity contribution in [2.24, 2.45) is 0 Å². The third-order valence-corrected chi connectivity index (χ3v) is 1.34. The zero-order valence-electron chi connectivity index (χ0n) is 5.45. The van der Waals surface area contributed by atoms with Crippen LogP contribution < -0.4 is 0 Å². The Labute approximate surface area is 75.2 Å². The van der Waals surface area contributed by atoms with E-state index in [1.54, 1.807) is 12.1 Å². The van der Waals surface area contributed by atoms with Crippen molar-refractivity contribution >= 4 is 30.0 Å². The van der Waals surface area contributed by atoms with Gasteiger partial charge in [0.2, 0.25) is 0 Å². The van der Waals surface area contributed by atoms with Gasteiger partial charge in [-0.3, -0.25) is 0 Å². The summed E-state index contributed by atoms with van der Waals surface area (Å²) in [5.41, 5.74) is 0.254. The van der Waals surface area contributed by atoms with Gasteiger partial charge in [-0.2, -0.15) is 0 Å². The maximum Gasteiger partial charge on any atom is 0.335 e. The molecule has 0 bridgehead atoms. The van der Waals surface area contributed by atoms with Crippen molar-refractivity contribution in [3.05, 3.63) is 34.9 Å². The number of hydrogen-bond acceptors (Lipinski definition) is 1. The summed E-state index contributed by atoms with van der Waals surface area (Å²) >= 11 is 5.52. The van der Waals surface area contributed by atoms with E-state index in [-0.39, 0.29) is 18.0 Å². The third kappa shape index (κ3) is 2.78. The van der Waals surface area contributed by atoms with Crippen LogP contribution in [-0.4, -0.2) is 11.1 Å². The Bertz CT molecular complexity index is 243. The van der Waals surface area contributed by atoms with Gasteiger partial charge in [0.25, 0.3) is 0 Å². The van der Waals surface area contributed by atoms with Gasteiger partial charge in [0.15, 0.2) is 0 Å². The normalized spacial score (nSPS) is 8.45. The van der Waals surface area contributed by atoms with E-state index in [9.17, 15) is 4.79 Å². The average Bonchev–Trinajstić information content (AvgIpc) is 1.88. The highest BCUT2D eigenvalue weighted by molar-refractivity contribution is 6.30. The Morgan fingerprint density at radius 1 is 1.27 bits per heavy atom. The van der Waals surface area contributed by atoms with Crippen molar-refractivity contribution < 1.29 is 9.90 Å². The molecule has 0 unspecified atom stereocenters. The second-order valence-electron chi connectivity index (χ2n) is 1.81. The van der Waals surface area contributed by atoms with Crippen LogP contribution in [0.2, 0.25) is 5.02 Å². The molecule has 11 heavy (non-hydrogen) atoms. The topological polar surface area (TPSA) is 37.3 Å². The lowest BCUT2D eigenvalue weighted by Gasteiger charge is -1.91. The molecular formula is C7H6Cl2O2. The number of rotatable bonds is 1. The van der Waals surface area contributed by atoms with Gasteiger partial charge in [0.05, 0.1) is 5.56 Å². The van der Waals surface area contributed by atoms with E-state index in [0.717, 1.165) is 0 Å². The molecule has 0 amide bonds. The van der Waals surface area contributed by atoms with Gasteiger partial charge in [-0.15, -0.1) is 12.4 Å². The molecule has 0 heterocycles. The third-order valence-electron chi connectivity index (χ3n) is 1.09. The summed E-state index contributed by atoms with van der Waals surface area (Å²) in [6.45, 7) is 0. The van der Waals surface area contributed by atoms with Crippen molar-refractivity contribution in [2.75, 3.05) is 0 Å². The van der Waals surface area contributed by atoms with Crippen LogP contribution in [0.3, 0.4) is 0 Å². The van der Waals surface area contributed by atoms with E-state index in [2.05, 4.69) is 0 Å². The predicted octanol–water partition coefficient (Wildman–Crippen LogP) is 2.46.